The Morgan fingerprint density at radius 1 is 1.14 bits per heavy atom. The van der Waals surface area contributed by atoms with Crippen LogP contribution in [-0.4, -0.2) is 88.9 Å². The smallest absolute Gasteiger partial charge is 0.256 e. The molecule has 10 heteroatoms. The van der Waals surface area contributed by atoms with Crippen molar-refractivity contribution in [2.75, 3.05) is 45.9 Å². The molecule has 4 heterocycles. The van der Waals surface area contributed by atoms with Crippen molar-refractivity contribution in [3.05, 3.63) is 39.2 Å². The number of nitrogens with zero attached hydrogens (tertiary/aromatic N) is 4. The number of amides is 2. The number of pyridine rings is 1. The average molecular weight is 551 g/mol. The number of alkyl halides is 1. The minimum Gasteiger partial charge on any atom is -0.379 e. The van der Waals surface area contributed by atoms with Gasteiger partial charge >= 0.3 is 0 Å². The van der Waals surface area contributed by atoms with Crippen molar-refractivity contribution in [2.24, 2.45) is 11.7 Å². The van der Waals surface area contributed by atoms with E-state index in [1.807, 2.05) is 17.9 Å². The highest BCUT2D eigenvalue weighted by molar-refractivity contribution is 6.31. The molecule has 0 aromatic carbocycles. The monoisotopic (exact) mass is 549 g/mol. The zero-order chi connectivity index (χ0) is 26.1. The van der Waals surface area contributed by atoms with Crippen LogP contribution in [0.25, 0.3) is 0 Å². The van der Waals surface area contributed by atoms with E-state index in [1.54, 1.807) is 4.90 Å². The van der Waals surface area contributed by atoms with Gasteiger partial charge in [-0.2, -0.15) is 0 Å². The van der Waals surface area contributed by atoms with Gasteiger partial charge in [0.15, 0.2) is 0 Å². The quantitative estimate of drug-likeness (QED) is 0.548. The van der Waals surface area contributed by atoms with E-state index in [1.165, 1.54) is 0 Å². The van der Waals surface area contributed by atoms with Crippen molar-refractivity contribution in [1.82, 2.24) is 19.7 Å². The molecule has 0 bridgehead atoms. The number of aromatic nitrogens is 1. The second-order valence-corrected chi connectivity index (χ2v) is 11.6. The highest BCUT2D eigenvalue weighted by atomic mass is 35.5. The van der Waals surface area contributed by atoms with E-state index >= 15 is 0 Å². The molecule has 1 aliphatic carbocycles. The summed E-state index contributed by atoms with van der Waals surface area (Å²) in [6, 6.07) is 0.504. The normalized spacial score (nSPS) is 25.4. The Bertz CT molecular complexity index is 1070. The first-order chi connectivity index (χ1) is 17.9. The Kier molecular flexibility index (Phi) is 8.41. The topological polar surface area (TPSA) is 92.0 Å². The van der Waals surface area contributed by atoms with E-state index in [9.17, 15) is 9.59 Å². The summed E-state index contributed by atoms with van der Waals surface area (Å²) in [6.07, 6.45) is 6.17. The number of hydrogen-bond donors (Lipinski definition) is 1. The second kappa shape index (κ2) is 11.6. The zero-order valence-corrected chi connectivity index (χ0v) is 23.1. The van der Waals surface area contributed by atoms with Gasteiger partial charge in [-0.05, 0) is 56.1 Å². The minimum absolute atomic E-state index is 0.00492. The number of likely N-dealkylation sites (tertiary alicyclic amines) is 1. The lowest BCUT2D eigenvalue weighted by molar-refractivity contribution is -0.133. The summed E-state index contributed by atoms with van der Waals surface area (Å²) in [7, 11) is 0. The van der Waals surface area contributed by atoms with Crippen molar-refractivity contribution in [3.63, 3.8) is 0 Å². The molecule has 1 aromatic heterocycles. The van der Waals surface area contributed by atoms with Gasteiger partial charge in [-0.25, -0.2) is 0 Å². The Morgan fingerprint density at radius 2 is 1.86 bits per heavy atom. The average Bonchev–Trinajstić information content (AvgIpc) is 3.20. The summed E-state index contributed by atoms with van der Waals surface area (Å²) in [5.41, 5.74) is 10.2. The van der Waals surface area contributed by atoms with Crippen LogP contribution in [0.4, 0.5) is 0 Å². The molecule has 2 atom stereocenters. The fourth-order valence-electron chi connectivity index (χ4n) is 6.29. The first-order valence-electron chi connectivity index (χ1n) is 13.5. The Hall–Kier alpha value is -1.71. The van der Waals surface area contributed by atoms with Crippen LogP contribution in [0.5, 0.6) is 0 Å². The number of morpholine rings is 1. The lowest BCUT2D eigenvalue weighted by atomic mass is 9.85. The van der Waals surface area contributed by atoms with Crippen molar-refractivity contribution in [1.29, 1.82) is 0 Å². The summed E-state index contributed by atoms with van der Waals surface area (Å²) < 4.78 is 5.47. The van der Waals surface area contributed by atoms with E-state index < -0.39 is 0 Å². The first kappa shape index (κ1) is 26.9. The highest BCUT2D eigenvalue weighted by Gasteiger charge is 2.37. The van der Waals surface area contributed by atoms with Crippen LogP contribution >= 0.6 is 23.2 Å². The van der Waals surface area contributed by atoms with Crippen LogP contribution in [0.2, 0.25) is 0 Å². The van der Waals surface area contributed by atoms with Crippen LogP contribution in [0.15, 0.2) is 11.1 Å². The standard InChI is InChI=1S/C27H37Cl2N5O3/c1-17-22(14-30)21(12-18-2-3-19(28)13-23(18)29)26-24(31-17)15-34(27(26)36)16-25(35)33-6-4-20(5-7-33)32-8-10-37-11-9-32/h13,18-20H,2-12,14-16,30H2,1H3. The van der Waals surface area contributed by atoms with Crippen LogP contribution in [0.3, 0.4) is 0 Å². The maximum atomic E-state index is 13.6. The molecule has 2 unspecified atom stereocenters. The number of allylic oxidation sites excluding steroid dienone is 2. The van der Waals surface area contributed by atoms with Gasteiger partial charge < -0.3 is 20.3 Å². The number of piperidine rings is 1. The van der Waals surface area contributed by atoms with E-state index in [2.05, 4.69) is 4.90 Å². The molecule has 0 radical (unpaired) electrons. The number of fused-ring (bicyclic) bond motifs is 1. The first-order valence-corrected chi connectivity index (χ1v) is 14.3. The van der Waals surface area contributed by atoms with Gasteiger partial charge in [-0.3, -0.25) is 19.5 Å². The Morgan fingerprint density at radius 3 is 2.54 bits per heavy atom. The predicted octanol–water partition coefficient (Wildman–Crippen LogP) is 2.81. The summed E-state index contributed by atoms with van der Waals surface area (Å²) >= 11 is 12.8. The third kappa shape index (κ3) is 5.69. The maximum absolute atomic E-state index is 13.6. The van der Waals surface area contributed by atoms with Crippen LogP contribution in [-0.2, 0) is 29.0 Å². The summed E-state index contributed by atoms with van der Waals surface area (Å²) in [5, 5.41) is 0.695. The molecule has 0 spiro atoms. The Labute approximate surface area is 229 Å². The molecular formula is C27H37Cl2N5O3. The minimum atomic E-state index is -0.130. The molecular weight excluding hydrogens is 513 g/mol. The molecule has 5 rings (SSSR count). The molecule has 37 heavy (non-hydrogen) atoms. The van der Waals surface area contributed by atoms with E-state index in [0.29, 0.717) is 31.1 Å². The third-order valence-electron chi connectivity index (χ3n) is 8.42. The number of nitrogens with two attached hydrogens (primary N) is 1. The van der Waals surface area contributed by atoms with Gasteiger partial charge in [-0.15, -0.1) is 11.6 Å². The van der Waals surface area contributed by atoms with Gasteiger partial charge in [0.1, 0.15) is 6.54 Å². The zero-order valence-electron chi connectivity index (χ0n) is 21.6. The molecule has 2 fully saturated rings. The largest absolute Gasteiger partial charge is 0.379 e. The van der Waals surface area contributed by atoms with Gasteiger partial charge in [-0.1, -0.05) is 17.7 Å². The van der Waals surface area contributed by atoms with E-state index in [0.717, 1.165) is 92.6 Å². The number of hydrogen-bond acceptors (Lipinski definition) is 6. The molecule has 2 saturated heterocycles. The van der Waals surface area contributed by atoms with Crippen LogP contribution < -0.4 is 5.73 Å². The number of rotatable bonds is 6. The molecule has 8 nitrogen and oxygen atoms in total. The molecule has 202 valence electrons. The highest BCUT2D eigenvalue weighted by Crippen LogP contribution is 2.37. The molecule has 2 N–H and O–H groups in total. The number of aryl methyl sites for hydroxylation is 1. The summed E-state index contributed by atoms with van der Waals surface area (Å²) in [5.74, 6) is -0.0238. The summed E-state index contributed by atoms with van der Waals surface area (Å²) in [6.45, 7) is 7.62. The molecule has 2 amide bonds. The van der Waals surface area contributed by atoms with Gasteiger partial charge in [0.25, 0.3) is 5.91 Å². The fraction of sp³-hybridized carbons (Fsp3) is 0.667. The van der Waals surface area contributed by atoms with Crippen molar-refractivity contribution >= 4 is 35.0 Å². The van der Waals surface area contributed by atoms with E-state index in [-0.39, 0.29) is 29.7 Å². The number of carbonyl (C=O) groups excluding carboxylic acids is 2. The molecule has 4 aliphatic rings. The van der Waals surface area contributed by atoms with Crippen molar-refractivity contribution in [3.8, 4) is 0 Å². The number of halogens is 2. The Balaban J connectivity index is 1.27. The predicted molar refractivity (Wildman–Crippen MR) is 144 cm³/mol. The van der Waals surface area contributed by atoms with E-state index in [4.69, 9.17) is 38.7 Å². The van der Waals surface area contributed by atoms with Crippen molar-refractivity contribution < 1.29 is 14.3 Å². The van der Waals surface area contributed by atoms with Crippen molar-refractivity contribution in [2.45, 2.75) is 63.5 Å². The molecule has 3 aliphatic heterocycles. The molecule has 1 aromatic rings. The van der Waals surface area contributed by atoms with Crippen LogP contribution in [0.1, 0.15) is 58.6 Å². The number of ether oxygens (including phenoxy) is 1. The number of carbonyl (C=O) groups is 2. The maximum Gasteiger partial charge on any atom is 0.256 e. The van der Waals surface area contributed by atoms with Gasteiger partial charge in [0, 0.05) is 49.5 Å². The van der Waals surface area contributed by atoms with Gasteiger partial charge in [0.2, 0.25) is 5.91 Å². The second-order valence-electron chi connectivity index (χ2n) is 10.6. The summed E-state index contributed by atoms with van der Waals surface area (Å²) in [4.78, 5) is 37.6. The third-order valence-corrected chi connectivity index (χ3v) is 9.20. The fourth-order valence-corrected chi connectivity index (χ4v) is 6.96. The molecule has 0 saturated carbocycles. The SMILES string of the molecule is Cc1nc2c(c(CC3CCC(Cl)C=C3Cl)c1CN)C(=O)N(CC(=O)N1CCC(N3CCOCC3)CC1)C2. The van der Waals surface area contributed by atoms with Crippen LogP contribution in [0, 0.1) is 12.8 Å². The lowest BCUT2D eigenvalue weighted by Gasteiger charge is -2.40. The van der Waals surface area contributed by atoms with Gasteiger partial charge in [0.05, 0.1) is 36.4 Å². The lowest BCUT2D eigenvalue weighted by Crippen LogP contribution is -2.51.